The second-order valence-electron chi connectivity index (χ2n) is 2.78. The third-order valence-electron chi connectivity index (χ3n) is 2.02. The molecule has 0 atom stereocenters. The number of halogens is 1. The van der Waals surface area contributed by atoms with Gasteiger partial charge in [0.25, 0.3) is 0 Å². The molecule has 0 radical (unpaired) electrons. The van der Waals surface area contributed by atoms with Crippen molar-refractivity contribution in [2.75, 3.05) is 0 Å². The van der Waals surface area contributed by atoms with Gasteiger partial charge in [-0.1, -0.05) is 26.0 Å². The Morgan fingerprint density at radius 2 is 2.00 bits per heavy atom. The molecule has 1 aromatic heterocycles. The van der Waals surface area contributed by atoms with E-state index in [0.717, 1.165) is 0 Å². The quantitative estimate of drug-likeness (QED) is 0.656. The van der Waals surface area contributed by atoms with Crippen LogP contribution in [-0.4, -0.2) is 0 Å². The third kappa shape index (κ3) is 1.84. The standard InChI is InChI=1S/C10H6FNO.C2H6/c1-6-7-3-2-4-8(11)10(7)13-9(6)5-12;1-2/h2-4H,1H3;1-2H3. The molecule has 3 heteroatoms. The molecule has 2 aromatic rings. The molecule has 0 unspecified atom stereocenters. The molecule has 2 rings (SSSR count). The van der Waals surface area contributed by atoms with Crippen molar-refractivity contribution in [1.29, 1.82) is 5.26 Å². The lowest BCUT2D eigenvalue weighted by atomic mass is 10.1. The highest BCUT2D eigenvalue weighted by atomic mass is 19.1. The topological polar surface area (TPSA) is 36.9 Å². The van der Waals surface area contributed by atoms with Crippen molar-refractivity contribution in [3.63, 3.8) is 0 Å². The Morgan fingerprint density at radius 1 is 1.33 bits per heavy atom. The highest BCUT2D eigenvalue weighted by molar-refractivity contribution is 5.83. The minimum Gasteiger partial charge on any atom is -0.442 e. The Kier molecular flexibility index (Phi) is 3.46. The number of para-hydroxylation sites is 1. The van der Waals surface area contributed by atoms with Gasteiger partial charge in [0.05, 0.1) is 0 Å². The molecule has 15 heavy (non-hydrogen) atoms. The van der Waals surface area contributed by atoms with Crippen LogP contribution in [-0.2, 0) is 0 Å². The van der Waals surface area contributed by atoms with Crippen LogP contribution in [0, 0.1) is 24.1 Å². The molecular weight excluding hydrogens is 193 g/mol. The summed E-state index contributed by atoms with van der Waals surface area (Å²) in [7, 11) is 0. The van der Waals surface area contributed by atoms with E-state index in [1.54, 1.807) is 19.1 Å². The minimum absolute atomic E-state index is 0.163. The number of hydrogen-bond acceptors (Lipinski definition) is 2. The monoisotopic (exact) mass is 205 g/mol. The van der Waals surface area contributed by atoms with Crippen LogP contribution in [0.25, 0.3) is 11.0 Å². The van der Waals surface area contributed by atoms with Crippen LogP contribution >= 0.6 is 0 Å². The summed E-state index contributed by atoms with van der Waals surface area (Å²) in [6.07, 6.45) is 0. The summed E-state index contributed by atoms with van der Waals surface area (Å²) in [5.74, 6) is -0.248. The Morgan fingerprint density at radius 3 is 2.53 bits per heavy atom. The van der Waals surface area contributed by atoms with Crippen LogP contribution in [0.15, 0.2) is 22.6 Å². The van der Waals surface area contributed by atoms with E-state index in [1.807, 2.05) is 19.9 Å². The molecule has 78 valence electrons. The smallest absolute Gasteiger partial charge is 0.207 e. The highest BCUT2D eigenvalue weighted by Crippen LogP contribution is 2.26. The van der Waals surface area contributed by atoms with Gasteiger partial charge in [0.1, 0.15) is 6.07 Å². The van der Waals surface area contributed by atoms with Gasteiger partial charge in [-0.3, -0.25) is 0 Å². The van der Waals surface area contributed by atoms with Crippen LogP contribution in [0.2, 0.25) is 0 Å². The Bertz CT molecular complexity index is 508. The van der Waals surface area contributed by atoms with Crippen LogP contribution in [0.5, 0.6) is 0 Å². The first-order chi connectivity index (χ1) is 7.24. The Hall–Kier alpha value is -1.82. The summed E-state index contributed by atoms with van der Waals surface area (Å²) in [5.41, 5.74) is 0.855. The van der Waals surface area contributed by atoms with Crippen LogP contribution in [0.3, 0.4) is 0 Å². The fourth-order valence-corrected chi connectivity index (χ4v) is 1.32. The molecule has 0 saturated heterocycles. The van der Waals surface area contributed by atoms with Crippen molar-refractivity contribution in [2.45, 2.75) is 20.8 Å². The average Bonchev–Trinajstić information content (AvgIpc) is 2.61. The van der Waals surface area contributed by atoms with Gasteiger partial charge >= 0.3 is 0 Å². The lowest BCUT2D eigenvalue weighted by Gasteiger charge is -1.88. The van der Waals surface area contributed by atoms with Crippen molar-refractivity contribution >= 4 is 11.0 Å². The number of hydrogen-bond donors (Lipinski definition) is 0. The minimum atomic E-state index is -0.429. The lowest BCUT2D eigenvalue weighted by molar-refractivity contribution is 0.550. The maximum Gasteiger partial charge on any atom is 0.207 e. The predicted molar refractivity (Wildman–Crippen MR) is 57.0 cm³/mol. The molecule has 0 N–H and O–H groups in total. The van der Waals surface area contributed by atoms with Gasteiger partial charge in [-0.2, -0.15) is 5.26 Å². The zero-order valence-electron chi connectivity index (χ0n) is 8.97. The second-order valence-corrected chi connectivity index (χ2v) is 2.78. The molecule has 2 nitrogen and oxygen atoms in total. The molecule has 0 aliphatic heterocycles. The van der Waals surface area contributed by atoms with Gasteiger partial charge in [0.2, 0.25) is 5.76 Å². The van der Waals surface area contributed by atoms with E-state index in [-0.39, 0.29) is 11.3 Å². The number of nitriles is 1. The molecule has 0 fully saturated rings. The van der Waals surface area contributed by atoms with E-state index in [1.165, 1.54) is 6.07 Å². The maximum absolute atomic E-state index is 13.1. The normalized spacial score (nSPS) is 9.27. The largest absolute Gasteiger partial charge is 0.442 e. The van der Waals surface area contributed by atoms with Crippen LogP contribution < -0.4 is 0 Å². The van der Waals surface area contributed by atoms with Crippen molar-refractivity contribution in [1.82, 2.24) is 0 Å². The van der Waals surface area contributed by atoms with Crippen molar-refractivity contribution in [2.24, 2.45) is 0 Å². The summed E-state index contributed by atoms with van der Waals surface area (Å²) in [4.78, 5) is 0. The first-order valence-electron chi connectivity index (χ1n) is 4.81. The van der Waals surface area contributed by atoms with Crippen LogP contribution in [0.4, 0.5) is 4.39 Å². The number of benzene rings is 1. The number of nitrogens with zero attached hydrogens (tertiary/aromatic N) is 1. The van der Waals surface area contributed by atoms with E-state index in [0.29, 0.717) is 10.9 Å². The second kappa shape index (κ2) is 4.61. The number of rotatable bonds is 0. The summed E-state index contributed by atoms with van der Waals surface area (Å²) in [6.45, 7) is 5.74. The fraction of sp³-hybridized carbons (Fsp3) is 0.250. The van der Waals surface area contributed by atoms with E-state index < -0.39 is 5.82 Å². The number of aryl methyl sites for hydroxylation is 1. The molecule has 1 heterocycles. The molecule has 0 saturated carbocycles. The molecule has 0 aliphatic carbocycles. The SMILES string of the molecule is CC.Cc1c(C#N)oc2c(F)cccc12. The first kappa shape index (κ1) is 11.3. The molecule has 0 bridgehead atoms. The summed E-state index contributed by atoms with van der Waals surface area (Å²) in [6, 6.07) is 6.52. The lowest BCUT2D eigenvalue weighted by Crippen LogP contribution is -1.73. The van der Waals surface area contributed by atoms with Crippen molar-refractivity contribution in [3.8, 4) is 6.07 Å². The van der Waals surface area contributed by atoms with E-state index >= 15 is 0 Å². The first-order valence-corrected chi connectivity index (χ1v) is 4.81. The van der Waals surface area contributed by atoms with Gasteiger partial charge in [-0.15, -0.1) is 0 Å². The van der Waals surface area contributed by atoms with Gasteiger partial charge < -0.3 is 4.42 Å². The Balaban J connectivity index is 0.000000531. The summed E-state index contributed by atoms with van der Waals surface area (Å²) in [5, 5.41) is 9.31. The summed E-state index contributed by atoms with van der Waals surface area (Å²) >= 11 is 0. The van der Waals surface area contributed by atoms with Crippen molar-refractivity contribution < 1.29 is 8.81 Å². The van der Waals surface area contributed by atoms with E-state index in [9.17, 15) is 4.39 Å². The van der Waals surface area contributed by atoms with Gasteiger partial charge in [0, 0.05) is 10.9 Å². The average molecular weight is 205 g/mol. The molecular formula is C12H12FNO. The van der Waals surface area contributed by atoms with Crippen LogP contribution in [0.1, 0.15) is 25.2 Å². The zero-order chi connectivity index (χ0) is 11.4. The van der Waals surface area contributed by atoms with E-state index in [2.05, 4.69) is 0 Å². The summed E-state index contributed by atoms with van der Waals surface area (Å²) < 4.78 is 18.2. The van der Waals surface area contributed by atoms with Gasteiger partial charge in [-0.05, 0) is 13.0 Å². The third-order valence-corrected chi connectivity index (χ3v) is 2.02. The van der Waals surface area contributed by atoms with Gasteiger partial charge in [-0.25, -0.2) is 4.39 Å². The number of fused-ring (bicyclic) bond motifs is 1. The van der Waals surface area contributed by atoms with Crippen molar-refractivity contribution in [3.05, 3.63) is 35.3 Å². The molecule has 1 aromatic carbocycles. The molecule has 0 amide bonds. The number of furan rings is 1. The zero-order valence-corrected chi connectivity index (χ0v) is 8.97. The van der Waals surface area contributed by atoms with Gasteiger partial charge in [0.15, 0.2) is 11.4 Å². The fourth-order valence-electron chi connectivity index (χ4n) is 1.32. The van der Waals surface area contributed by atoms with E-state index in [4.69, 9.17) is 9.68 Å². The Labute approximate surface area is 87.9 Å². The maximum atomic E-state index is 13.1. The predicted octanol–water partition coefficient (Wildman–Crippen LogP) is 3.78. The highest BCUT2D eigenvalue weighted by Gasteiger charge is 2.12. The molecule has 0 spiro atoms. The molecule has 0 aliphatic rings.